The van der Waals surface area contributed by atoms with Gasteiger partial charge in [-0.3, -0.25) is 0 Å². The third-order valence-electron chi connectivity index (χ3n) is 2.18. The molecule has 0 fully saturated rings. The molecule has 2 aromatic rings. The monoisotopic (exact) mass is 158 g/mol. The number of aromatic nitrogens is 1. The molecule has 1 heterocycles. The molecule has 12 heavy (non-hydrogen) atoms. The summed E-state index contributed by atoms with van der Waals surface area (Å²) < 4.78 is 2.07. The van der Waals surface area contributed by atoms with E-state index in [1.54, 1.807) is 0 Å². The van der Waals surface area contributed by atoms with E-state index in [0.717, 1.165) is 0 Å². The zero-order chi connectivity index (χ0) is 8.55. The van der Waals surface area contributed by atoms with E-state index in [9.17, 15) is 0 Å². The van der Waals surface area contributed by atoms with Gasteiger partial charge in [-0.1, -0.05) is 12.1 Å². The van der Waals surface area contributed by atoms with Gasteiger partial charge in [0.25, 0.3) is 0 Å². The Morgan fingerprint density at radius 3 is 2.83 bits per heavy atom. The first-order valence-corrected chi connectivity index (χ1v) is 4.12. The van der Waals surface area contributed by atoms with Crippen LogP contribution < -0.4 is 4.57 Å². The number of pyridine rings is 1. The summed E-state index contributed by atoms with van der Waals surface area (Å²) >= 11 is 0. The van der Waals surface area contributed by atoms with Crippen molar-refractivity contribution in [2.75, 3.05) is 0 Å². The summed E-state index contributed by atoms with van der Waals surface area (Å²) in [5.74, 6) is 0. The predicted octanol–water partition coefficient (Wildman–Crippen LogP) is 1.97. The zero-order valence-electron chi connectivity index (χ0n) is 7.41. The molecule has 0 atom stereocenters. The first kappa shape index (κ1) is 7.29. The lowest BCUT2D eigenvalue weighted by Gasteiger charge is -1.98. The zero-order valence-corrected chi connectivity index (χ0v) is 7.41. The number of fused-ring (bicyclic) bond motifs is 1. The van der Waals surface area contributed by atoms with Gasteiger partial charge in [-0.15, -0.1) is 0 Å². The van der Waals surface area contributed by atoms with Crippen LogP contribution in [0.2, 0.25) is 0 Å². The first-order chi connectivity index (χ1) is 5.77. The van der Waals surface area contributed by atoms with Gasteiger partial charge in [0.05, 0.1) is 0 Å². The molecule has 0 aliphatic rings. The Labute approximate surface area is 72.3 Å². The molecule has 0 spiro atoms. The van der Waals surface area contributed by atoms with Gasteiger partial charge >= 0.3 is 0 Å². The van der Waals surface area contributed by atoms with Crippen molar-refractivity contribution < 1.29 is 4.57 Å². The van der Waals surface area contributed by atoms with Gasteiger partial charge < -0.3 is 0 Å². The molecule has 60 valence electrons. The molecule has 0 radical (unpaired) electrons. The fourth-order valence-corrected chi connectivity index (χ4v) is 1.50. The fraction of sp³-hybridized carbons (Fsp3) is 0.182. The maximum Gasteiger partial charge on any atom is 0.176 e. The van der Waals surface area contributed by atoms with Crippen molar-refractivity contribution in [3.8, 4) is 0 Å². The predicted molar refractivity (Wildman–Crippen MR) is 49.9 cm³/mol. The Morgan fingerprint density at radius 1 is 1.17 bits per heavy atom. The second-order valence-corrected chi connectivity index (χ2v) is 3.19. The molecule has 1 heteroatoms. The van der Waals surface area contributed by atoms with E-state index in [2.05, 4.69) is 48.1 Å². The van der Waals surface area contributed by atoms with Crippen molar-refractivity contribution >= 4 is 10.8 Å². The average Bonchev–Trinajstić information content (AvgIpc) is 2.04. The van der Waals surface area contributed by atoms with Crippen LogP contribution in [0.1, 0.15) is 5.56 Å². The highest BCUT2D eigenvalue weighted by molar-refractivity contribution is 5.83. The summed E-state index contributed by atoms with van der Waals surface area (Å²) in [6.07, 6.45) is 4.22. The largest absolute Gasteiger partial charge is 0.207 e. The van der Waals surface area contributed by atoms with E-state index < -0.39 is 0 Å². The summed E-state index contributed by atoms with van der Waals surface area (Å²) in [6.45, 7) is 2.14. The van der Waals surface area contributed by atoms with Gasteiger partial charge in [0.2, 0.25) is 0 Å². The first-order valence-electron chi connectivity index (χ1n) is 4.12. The molecule has 0 N–H and O–H groups in total. The Morgan fingerprint density at radius 2 is 2.00 bits per heavy atom. The van der Waals surface area contributed by atoms with Crippen molar-refractivity contribution in [2.45, 2.75) is 6.92 Å². The van der Waals surface area contributed by atoms with Crippen molar-refractivity contribution in [3.63, 3.8) is 0 Å². The maximum atomic E-state index is 2.16. The van der Waals surface area contributed by atoms with Crippen molar-refractivity contribution in [1.82, 2.24) is 0 Å². The molecule has 1 aromatic carbocycles. The summed E-state index contributed by atoms with van der Waals surface area (Å²) in [7, 11) is 2.04. The van der Waals surface area contributed by atoms with Crippen molar-refractivity contribution in [2.24, 2.45) is 7.05 Å². The standard InChI is InChI=1S/C11H12N/c1-9-4-3-5-10-8-12(2)7-6-11(9)10/h3-8H,1-2H3/q+1. The van der Waals surface area contributed by atoms with E-state index in [4.69, 9.17) is 0 Å². The van der Waals surface area contributed by atoms with Gasteiger partial charge in [0.15, 0.2) is 12.4 Å². The van der Waals surface area contributed by atoms with E-state index >= 15 is 0 Å². The van der Waals surface area contributed by atoms with Gasteiger partial charge in [-0.05, 0) is 23.9 Å². The SMILES string of the molecule is Cc1cccc2c[n+](C)ccc12. The number of benzene rings is 1. The van der Waals surface area contributed by atoms with Crippen LogP contribution >= 0.6 is 0 Å². The smallest absolute Gasteiger partial charge is 0.176 e. The Hall–Kier alpha value is -1.37. The fourth-order valence-electron chi connectivity index (χ4n) is 1.50. The number of nitrogens with zero attached hydrogens (tertiary/aromatic N) is 1. The van der Waals surface area contributed by atoms with Gasteiger partial charge in [0, 0.05) is 11.5 Å². The summed E-state index contributed by atoms with van der Waals surface area (Å²) in [5, 5.41) is 2.65. The van der Waals surface area contributed by atoms with Crippen LogP contribution in [0.15, 0.2) is 36.7 Å². The molecule has 1 nitrogen and oxygen atoms in total. The summed E-state index contributed by atoms with van der Waals surface area (Å²) in [5.41, 5.74) is 1.34. The second-order valence-electron chi connectivity index (χ2n) is 3.19. The van der Waals surface area contributed by atoms with Gasteiger partial charge in [0.1, 0.15) is 7.05 Å². The topological polar surface area (TPSA) is 3.88 Å². The van der Waals surface area contributed by atoms with Gasteiger partial charge in [-0.2, -0.15) is 0 Å². The molecular formula is C11H12N+. The summed E-state index contributed by atoms with van der Waals surface area (Å²) in [4.78, 5) is 0. The molecule has 0 aliphatic heterocycles. The summed E-state index contributed by atoms with van der Waals surface area (Å²) in [6, 6.07) is 8.53. The number of aryl methyl sites for hydroxylation is 2. The minimum Gasteiger partial charge on any atom is -0.207 e. The van der Waals surface area contributed by atoms with Crippen LogP contribution in [-0.4, -0.2) is 0 Å². The molecule has 0 saturated carbocycles. The maximum absolute atomic E-state index is 2.16. The molecule has 0 amide bonds. The van der Waals surface area contributed by atoms with Crippen LogP contribution in [0.4, 0.5) is 0 Å². The Bertz CT molecular complexity index is 418. The van der Waals surface area contributed by atoms with Crippen LogP contribution in [0, 0.1) is 6.92 Å². The van der Waals surface area contributed by atoms with Crippen molar-refractivity contribution in [1.29, 1.82) is 0 Å². The lowest BCUT2D eigenvalue weighted by Crippen LogP contribution is -2.25. The molecule has 1 aromatic heterocycles. The third-order valence-corrected chi connectivity index (χ3v) is 2.18. The quantitative estimate of drug-likeness (QED) is 0.516. The number of hydrogen-bond donors (Lipinski definition) is 0. The van der Waals surface area contributed by atoms with E-state index in [1.165, 1.54) is 16.3 Å². The lowest BCUT2D eigenvalue weighted by molar-refractivity contribution is -0.670. The molecule has 0 unspecified atom stereocenters. The van der Waals surface area contributed by atoms with Crippen LogP contribution in [0.5, 0.6) is 0 Å². The normalized spacial score (nSPS) is 10.5. The second kappa shape index (κ2) is 2.59. The number of hydrogen-bond acceptors (Lipinski definition) is 0. The molecule has 0 aliphatic carbocycles. The highest BCUT2D eigenvalue weighted by Crippen LogP contribution is 2.14. The van der Waals surface area contributed by atoms with Crippen molar-refractivity contribution in [3.05, 3.63) is 42.2 Å². The highest BCUT2D eigenvalue weighted by atomic mass is 14.9. The van der Waals surface area contributed by atoms with Gasteiger partial charge in [-0.25, -0.2) is 4.57 Å². The van der Waals surface area contributed by atoms with E-state index in [0.29, 0.717) is 0 Å². The number of rotatable bonds is 0. The molecule has 0 bridgehead atoms. The van der Waals surface area contributed by atoms with Crippen LogP contribution in [0.3, 0.4) is 0 Å². The molecule has 2 rings (SSSR count). The van der Waals surface area contributed by atoms with E-state index in [-0.39, 0.29) is 0 Å². The minimum absolute atomic E-state index is 1.31. The average molecular weight is 158 g/mol. The molecule has 0 saturated heterocycles. The minimum atomic E-state index is 1.31. The van der Waals surface area contributed by atoms with E-state index in [1.807, 2.05) is 7.05 Å². The van der Waals surface area contributed by atoms with Crippen LogP contribution in [0.25, 0.3) is 10.8 Å². The highest BCUT2D eigenvalue weighted by Gasteiger charge is 1.99. The third kappa shape index (κ3) is 1.07. The Balaban J connectivity index is 2.86. The Kier molecular flexibility index (Phi) is 1.58. The lowest BCUT2D eigenvalue weighted by atomic mass is 10.1. The molecular weight excluding hydrogens is 146 g/mol. The van der Waals surface area contributed by atoms with Crippen LogP contribution in [-0.2, 0) is 7.05 Å².